The fourth-order valence-electron chi connectivity index (χ4n) is 2.58. The summed E-state index contributed by atoms with van der Waals surface area (Å²) in [7, 11) is 0. The first-order valence-electron chi connectivity index (χ1n) is 6.41. The lowest BCUT2D eigenvalue weighted by Gasteiger charge is -2.23. The predicted molar refractivity (Wildman–Crippen MR) is 70.6 cm³/mol. The maximum Gasteiger partial charge on any atom is 0.219 e. The fraction of sp³-hybridized carbons (Fsp3) is 0.500. The molecular weight excluding hydrogens is 244 g/mol. The summed E-state index contributed by atoms with van der Waals surface area (Å²) in [6.45, 7) is 3.17. The van der Waals surface area contributed by atoms with E-state index in [-0.39, 0.29) is 11.9 Å². The predicted octanol–water partition coefficient (Wildman–Crippen LogP) is 0.776. The highest BCUT2D eigenvalue weighted by molar-refractivity contribution is 5.82. The molecule has 100 valence electrons. The van der Waals surface area contributed by atoms with Crippen molar-refractivity contribution in [3.63, 3.8) is 0 Å². The van der Waals surface area contributed by atoms with E-state index in [1.54, 1.807) is 13.3 Å². The molecule has 1 aliphatic rings. The van der Waals surface area contributed by atoms with Gasteiger partial charge in [-0.1, -0.05) is 0 Å². The third-order valence-corrected chi connectivity index (χ3v) is 3.51. The maximum absolute atomic E-state index is 11.5. The molecule has 0 spiro atoms. The van der Waals surface area contributed by atoms with Crippen LogP contribution in [-0.2, 0) is 4.79 Å². The first kappa shape index (κ1) is 11.9. The van der Waals surface area contributed by atoms with Crippen molar-refractivity contribution in [1.82, 2.24) is 24.8 Å². The number of aromatic amines is 1. The quantitative estimate of drug-likeness (QED) is 0.851. The molecule has 7 heteroatoms. The third-order valence-electron chi connectivity index (χ3n) is 3.51. The zero-order chi connectivity index (χ0) is 13.2. The Labute approximate surface area is 110 Å². The Bertz CT molecular complexity index is 595. The summed E-state index contributed by atoms with van der Waals surface area (Å²) in [6, 6.07) is 0.241. The normalized spacial score (nSPS) is 19.0. The van der Waals surface area contributed by atoms with Gasteiger partial charge in [0.25, 0.3) is 0 Å². The Balaban J connectivity index is 1.72. The van der Waals surface area contributed by atoms with Gasteiger partial charge in [0, 0.05) is 26.1 Å². The van der Waals surface area contributed by atoms with Crippen molar-refractivity contribution in [2.75, 3.05) is 18.4 Å². The topological polar surface area (TPSA) is 86.8 Å². The summed E-state index contributed by atoms with van der Waals surface area (Å²) in [5.74, 6) is 0.872. The molecule has 0 aliphatic carbocycles. The number of carbonyl (C=O) groups is 1. The highest BCUT2D eigenvalue weighted by Crippen LogP contribution is 2.19. The van der Waals surface area contributed by atoms with Crippen molar-refractivity contribution in [3.8, 4) is 0 Å². The second-order valence-electron chi connectivity index (χ2n) is 4.71. The molecule has 0 radical (unpaired) electrons. The van der Waals surface area contributed by atoms with Gasteiger partial charge in [0.1, 0.15) is 11.8 Å². The van der Waals surface area contributed by atoms with Gasteiger partial charge in [-0.3, -0.25) is 4.79 Å². The van der Waals surface area contributed by atoms with Crippen LogP contribution < -0.4 is 5.32 Å². The van der Waals surface area contributed by atoms with Crippen molar-refractivity contribution < 1.29 is 4.79 Å². The second kappa shape index (κ2) is 4.83. The molecule has 1 aliphatic heterocycles. The van der Waals surface area contributed by atoms with Crippen molar-refractivity contribution in [3.05, 3.63) is 12.7 Å². The summed E-state index contributed by atoms with van der Waals surface area (Å²) in [5.41, 5.74) is 1.45. The minimum atomic E-state index is 0.138. The SMILES string of the molecule is CC(=O)N1CCCC1CNc1ncnc2nc[nH]c12. The van der Waals surface area contributed by atoms with E-state index in [9.17, 15) is 4.79 Å². The molecule has 2 N–H and O–H groups in total. The minimum Gasteiger partial charge on any atom is -0.366 e. The molecule has 1 atom stereocenters. The Morgan fingerprint density at radius 3 is 3.26 bits per heavy atom. The van der Waals surface area contributed by atoms with Crippen LogP contribution in [0, 0.1) is 0 Å². The van der Waals surface area contributed by atoms with Gasteiger partial charge in [-0.25, -0.2) is 15.0 Å². The van der Waals surface area contributed by atoms with E-state index >= 15 is 0 Å². The largest absolute Gasteiger partial charge is 0.366 e. The van der Waals surface area contributed by atoms with E-state index in [0.29, 0.717) is 12.2 Å². The van der Waals surface area contributed by atoms with E-state index in [0.717, 1.165) is 30.7 Å². The third kappa shape index (κ3) is 2.23. The minimum absolute atomic E-state index is 0.138. The zero-order valence-electron chi connectivity index (χ0n) is 10.8. The Hall–Kier alpha value is -2.18. The summed E-state index contributed by atoms with van der Waals surface area (Å²) in [5, 5.41) is 3.28. The number of rotatable bonds is 3. The molecule has 1 saturated heterocycles. The van der Waals surface area contributed by atoms with Crippen LogP contribution in [0.3, 0.4) is 0 Å². The first-order chi connectivity index (χ1) is 9.25. The maximum atomic E-state index is 11.5. The monoisotopic (exact) mass is 260 g/mol. The van der Waals surface area contributed by atoms with Crippen LogP contribution in [0.25, 0.3) is 11.2 Å². The van der Waals surface area contributed by atoms with Crippen LogP contribution in [0.4, 0.5) is 5.82 Å². The highest BCUT2D eigenvalue weighted by Gasteiger charge is 2.26. The number of carbonyl (C=O) groups excluding carboxylic acids is 1. The molecule has 2 aromatic rings. The number of nitrogens with one attached hydrogen (secondary N) is 2. The Kier molecular flexibility index (Phi) is 3.02. The van der Waals surface area contributed by atoms with E-state index < -0.39 is 0 Å². The molecule has 7 nitrogen and oxygen atoms in total. The average Bonchev–Trinajstić information content (AvgIpc) is 3.04. The van der Waals surface area contributed by atoms with E-state index in [1.807, 2.05) is 4.90 Å². The summed E-state index contributed by atoms with van der Waals surface area (Å²) >= 11 is 0. The van der Waals surface area contributed by atoms with Crippen molar-refractivity contribution >= 4 is 22.9 Å². The average molecular weight is 260 g/mol. The van der Waals surface area contributed by atoms with Gasteiger partial charge < -0.3 is 15.2 Å². The van der Waals surface area contributed by atoms with Crippen molar-refractivity contribution in [1.29, 1.82) is 0 Å². The number of fused-ring (bicyclic) bond motifs is 1. The standard InChI is InChI=1S/C12H16N6O/c1-8(19)18-4-2-3-9(18)5-13-11-10-12(15-6-14-10)17-7-16-11/h6-7,9H,2-5H2,1H3,(H2,13,14,15,16,17). The van der Waals surface area contributed by atoms with Gasteiger partial charge in [-0.2, -0.15) is 0 Å². The van der Waals surface area contributed by atoms with Gasteiger partial charge in [0.15, 0.2) is 11.5 Å². The number of nitrogens with zero attached hydrogens (tertiary/aromatic N) is 4. The van der Waals surface area contributed by atoms with E-state index in [4.69, 9.17) is 0 Å². The number of likely N-dealkylation sites (tertiary alicyclic amines) is 1. The lowest BCUT2D eigenvalue weighted by Crippen LogP contribution is -2.38. The number of amides is 1. The molecule has 0 bridgehead atoms. The Morgan fingerprint density at radius 2 is 2.42 bits per heavy atom. The summed E-state index contributed by atoms with van der Waals surface area (Å²) in [6.07, 6.45) is 5.18. The van der Waals surface area contributed by atoms with Crippen LogP contribution >= 0.6 is 0 Å². The second-order valence-corrected chi connectivity index (χ2v) is 4.71. The molecule has 0 aromatic carbocycles. The van der Waals surface area contributed by atoms with Gasteiger partial charge in [0.2, 0.25) is 5.91 Å². The first-order valence-corrected chi connectivity index (χ1v) is 6.41. The molecule has 0 saturated carbocycles. The van der Waals surface area contributed by atoms with Crippen LogP contribution in [0.2, 0.25) is 0 Å². The molecule has 19 heavy (non-hydrogen) atoms. The van der Waals surface area contributed by atoms with Crippen LogP contribution in [0.1, 0.15) is 19.8 Å². The van der Waals surface area contributed by atoms with E-state index in [1.165, 1.54) is 6.33 Å². The van der Waals surface area contributed by atoms with Crippen molar-refractivity contribution in [2.45, 2.75) is 25.8 Å². The van der Waals surface area contributed by atoms with Gasteiger partial charge in [-0.15, -0.1) is 0 Å². The Morgan fingerprint density at radius 1 is 1.53 bits per heavy atom. The van der Waals surface area contributed by atoms with Gasteiger partial charge >= 0.3 is 0 Å². The lowest BCUT2D eigenvalue weighted by molar-refractivity contribution is -0.129. The van der Waals surface area contributed by atoms with Crippen LogP contribution in [-0.4, -0.2) is 49.9 Å². The fourth-order valence-corrected chi connectivity index (χ4v) is 2.58. The molecular formula is C12H16N6O. The number of H-pyrrole nitrogens is 1. The van der Waals surface area contributed by atoms with Gasteiger partial charge in [-0.05, 0) is 12.8 Å². The van der Waals surface area contributed by atoms with E-state index in [2.05, 4.69) is 25.3 Å². The number of anilines is 1. The molecule has 3 heterocycles. The van der Waals surface area contributed by atoms with Gasteiger partial charge in [0.05, 0.1) is 6.33 Å². The molecule has 1 amide bonds. The number of hydrogen-bond donors (Lipinski definition) is 2. The number of hydrogen-bond acceptors (Lipinski definition) is 5. The molecule has 2 aromatic heterocycles. The summed E-state index contributed by atoms with van der Waals surface area (Å²) < 4.78 is 0. The van der Waals surface area contributed by atoms with Crippen LogP contribution in [0.5, 0.6) is 0 Å². The smallest absolute Gasteiger partial charge is 0.219 e. The lowest BCUT2D eigenvalue weighted by atomic mass is 10.2. The molecule has 1 fully saturated rings. The number of imidazole rings is 1. The molecule has 1 unspecified atom stereocenters. The van der Waals surface area contributed by atoms with Crippen molar-refractivity contribution in [2.24, 2.45) is 0 Å². The van der Waals surface area contributed by atoms with Crippen LogP contribution in [0.15, 0.2) is 12.7 Å². The number of aromatic nitrogens is 4. The zero-order valence-corrected chi connectivity index (χ0v) is 10.8. The highest BCUT2D eigenvalue weighted by atomic mass is 16.2. The molecule has 3 rings (SSSR count). The summed E-state index contributed by atoms with van der Waals surface area (Å²) in [4.78, 5) is 28.8.